The monoisotopic (exact) mass is 1090 g/mol. The highest BCUT2D eigenvalue weighted by Crippen LogP contribution is 2.16. The normalized spacial score (nSPS) is 12.9. The lowest BCUT2D eigenvalue weighted by Gasteiger charge is -2.18. The number of hydrogen-bond donors (Lipinski definition) is 0. The molecular formula is C73H122O6. The first-order valence-corrected chi connectivity index (χ1v) is 33.0. The Balaban J connectivity index is 4.37. The molecule has 0 aliphatic rings. The van der Waals surface area contributed by atoms with E-state index >= 15 is 0 Å². The molecule has 0 aliphatic heterocycles. The third-order valence-corrected chi connectivity index (χ3v) is 13.9. The predicted molar refractivity (Wildman–Crippen MR) is 343 cm³/mol. The number of hydrogen-bond acceptors (Lipinski definition) is 6. The highest BCUT2D eigenvalue weighted by molar-refractivity contribution is 5.71. The van der Waals surface area contributed by atoms with Gasteiger partial charge in [-0.15, -0.1) is 0 Å². The number of ether oxygens (including phenoxy) is 3. The van der Waals surface area contributed by atoms with Crippen molar-refractivity contribution in [3.05, 3.63) is 122 Å². The Bertz CT molecular complexity index is 1640. The fourth-order valence-corrected chi connectivity index (χ4v) is 9.04. The van der Waals surface area contributed by atoms with Gasteiger partial charge in [-0.3, -0.25) is 14.4 Å². The first-order valence-electron chi connectivity index (χ1n) is 33.0. The van der Waals surface area contributed by atoms with Crippen LogP contribution in [0.3, 0.4) is 0 Å². The third kappa shape index (κ3) is 64.5. The molecule has 1 atom stereocenters. The Morgan fingerprint density at radius 2 is 0.494 bits per heavy atom. The van der Waals surface area contributed by atoms with Crippen molar-refractivity contribution in [3.63, 3.8) is 0 Å². The van der Waals surface area contributed by atoms with Crippen LogP contribution in [-0.4, -0.2) is 37.2 Å². The van der Waals surface area contributed by atoms with Crippen LogP contribution in [0, 0.1) is 0 Å². The first-order chi connectivity index (χ1) is 39.0. The molecule has 0 rings (SSSR count). The molecule has 0 saturated carbocycles. The van der Waals surface area contributed by atoms with Gasteiger partial charge in [-0.25, -0.2) is 0 Å². The second kappa shape index (κ2) is 66.3. The molecule has 0 aliphatic carbocycles. The van der Waals surface area contributed by atoms with Gasteiger partial charge in [0.15, 0.2) is 6.10 Å². The van der Waals surface area contributed by atoms with E-state index in [9.17, 15) is 14.4 Å². The van der Waals surface area contributed by atoms with Gasteiger partial charge in [0.25, 0.3) is 0 Å². The minimum Gasteiger partial charge on any atom is -0.462 e. The van der Waals surface area contributed by atoms with Crippen LogP contribution >= 0.6 is 0 Å². The summed E-state index contributed by atoms with van der Waals surface area (Å²) in [5.41, 5.74) is 0. The quantitative estimate of drug-likeness (QED) is 0.0261. The summed E-state index contributed by atoms with van der Waals surface area (Å²) in [5, 5.41) is 0. The lowest BCUT2D eigenvalue weighted by atomic mass is 10.0. The van der Waals surface area contributed by atoms with E-state index in [0.717, 1.165) is 128 Å². The molecule has 1 unspecified atom stereocenters. The van der Waals surface area contributed by atoms with E-state index in [-0.39, 0.29) is 31.1 Å². The average Bonchev–Trinajstić information content (AvgIpc) is 3.45. The maximum atomic E-state index is 12.9. The first kappa shape index (κ1) is 74.8. The van der Waals surface area contributed by atoms with Crippen LogP contribution in [0.2, 0.25) is 0 Å². The van der Waals surface area contributed by atoms with Crippen molar-refractivity contribution in [1.29, 1.82) is 0 Å². The van der Waals surface area contributed by atoms with Gasteiger partial charge in [-0.05, 0) is 128 Å². The molecule has 0 aromatic rings. The molecule has 0 bridgehead atoms. The number of unbranched alkanes of at least 4 members (excludes halogenated alkanes) is 28. The van der Waals surface area contributed by atoms with E-state index < -0.39 is 6.10 Å². The van der Waals surface area contributed by atoms with Gasteiger partial charge in [0.2, 0.25) is 0 Å². The highest BCUT2D eigenvalue weighted by Gasteiger charge is 2.19. The molecule has 0 aromatic heterocycles. The Kier molecular flexibility index (Phi) is 62.8. The summed E-state index contributed by atoms with van der Waals surface area (Å²) in [6.07, 6.45) is 92.0. The summed E-state index contributed by atoms with van der Waals surface area (Å²) in [4.78, 5) is 38.4. The molecule has 0 spiro atoms. The number of esters is 3. The van der Waals surface area contributed by atoms with E-state index in [2.05, 4.69) is 142 Å². The summed E-state index contributed by atoms with van der Waals surface area (Å²) >= 11 is 0. The Morgan fingerprint density at radius 3 is 0.785 bits per heavy atom. The van der Waals surface area contributed by atoms with Gasteiger partial charge in [0, 0.05) is 19.3 Å². The summed E-state index contributed by atoms with van der Waals surface area (Å²) in [7, 11) is 0. The molecule has 0 saturated heterocycles. The van der Waals surface area contributed by atoms with Crippen molar-refractivity contribution in [2.45, 2.75) is 309 Å². The summed E-state index contributed by atoms with van der Waals surface area (Å²) in [5.74, 6) is -0.916. The lowest BCUT2D eigenvalue weighted by molar-refractivity contribution is -0.167. The molecule has 0 fully saturated rings. The number of allylic oxidation sites excluding steroid dienone is 20. The van der Waals surface area contributed by atoms with E-state index in [0.29, 0.717) is 19.3 Å². The van der Waals surface area contributed by atoms with E-state index in [1.54, 1.807) is 0 Å². The molecule has 6 heteroatoms. The number of rotatable bonds is 59. The second-order valence-electron chi connectivity index (χ2n) is 21.6. The number of carbonyl (C=O) groups is 3. The second-order valence-corrected chi connectivity index (χ2v) is 21.6. The fraction of sp³-hybridized carbons (Fsp3) is 0.685. The molecule has 0 amide bonds. The maximum Gasteiger partial charge on any atom is 0.306 e. The van der Waals surface area contributed by atoms with Crippen molar-refractivity contribution in [2.24, 2.45) is 0 Å². The lowest BCUT2D eigenvalue weighted by Crippen LogP contribution is -2.30. The van der Waals surface area contributed by atoms with E-state index in [1.807, 2.05) is 0 Å². The molecule has 450 valence electrons. The Morgan fingerprint density at radius 1 is 0.266 bits per heavy atom. The van der Waals surface area contributed by atoms with Crippen molar-refractivity contribution in [2.75, 3.05) is 13.2 Å². The van der Waals surface area contributed by atoms with Gasteiger partial charge in [0.1, 0.15) is 13.2 Å². The van der Waals surface area contributed by atoms with Crippen LogP contribution in [0.15, 0.2) is 122 Å². The Hall–Kier alpha value is -4.19. The van der Waals surface area contributed by atoms with Crippen molar-refractivity contribution in [3.8, 4) is 0 Å². The predicted octanol–water partition coefficient (Wildman–Crippen LogP) is 22.8. The van der Waals surface area contributed by atoms with Gasteiger partial charge >= 0.3 is 17.9 Å². The molecule has 6 nitrogen and oxygen atoms in total. The molecule has 0 heterocycles. The topological polar surface area (TPSA) is 78.9 Å². The van der Waals surface area contributed by atoms with Gasteiger partial charge in [0.05, 0.1) is 0 Å². The number of carbonyl (C=O) groups excluding carboxylic acids is 3. The minimum atomic E-state index is -0.798. The summed E-state index contributed by atoms with van der Waals surface area (Å²) < 4.78 is 16.9. The van der Waals surface area contributed by atoms with Gasteiger partial charge < -0.3 is 14.2 Å². The smallest absolute Gasteiger partial charge is 0.306 e. The zero-order chi connectivity index (χ0) is 57.1. The van der Waals surface area contributed by atoms with Crippen LogP contribution in [0.5, 0.6) is 0 Å². The SMILES string of the molecule is CC/C=C\C/C=C\C/C=C\C/C=C\C/C=C\CCCCCCCCCCCCCC(=O)OCC(COC(=O)CCCCCCCCC/C=C\CCCCCCCC)OC(=O)CCCCCC/C=C\C/C=C\C/C=C\C/C=C\CC. The van der Waals surface area contributed by atoms with Crippen LogP contribution < -0.4 is 0 Å². The van der Waals surface area contributed by atoms with Crippen LogP contribution in [0.4, 0.5) is 0 Å². The van der Waals surface area contributed by atoms with Gasteiger partial charge in [-0.1, -0.05) is 277 Å². The van der Waals surface area contributed by atoms with Gasteiger partial charge in [-0.2, -0.15) is 0 Å². The van der Waals surface area contributed by atoms with Crippen LogP contribution in [0.25, 0.3) is 0 Å². The zero-order valence-electron chi connectivity index (χ0n) is 51.6. The third-order valence-electron chi connectivity index (χ3n) is 13.9. The maximum absolute atomic E-state index is 12.9. The van der Waals surface area contributed by atoms with E-state index in [4.69, 9.17) is 14.2 Å². The largest absolute Gasteiger partial charge is 0.462 e. The van der Waals surface area contributed by atoms with Crippen molar-refractivity contribution in [1.82, 2.24) is 0 Å². The zero-order valence-corrected chi connectivity index (χ0v) is 51.6. The average molecular weight is 1100 g/mol. The highest BCUT2D eigenvalue weighted by atomic mass is 16.6. The molecular weight excluding hydrogens is 973 g/mol. The minimum absolute atomic E-state index is 0.0920. The molecule has 79 heavy (non-hydrogen) atoms. The van der Waals surface area contributed by atoms with Crippen LogP contribution in [0.1, 0.15) is 303 Å². The summed E-state index contributed by atoms with van der Waals surface area (Å²) in [6, 6.07) is 0. The Labute approximate surface area is 488 Å². The van der Waals surface area contributed by atoms with Crippen molar-refractivity contribution >= 4 is 17.9 Å². The van der Waals surface area contributed by atoms with Crippen molar-refractivity contribution < 1.29 is 28.6 Å². The standard InChI is InChI=1S/C73H122O6/c1-4-7-10-13-16-19-22-25-28-31-32-33-34-35-36-37-38-39-40-43-45-48-51-54-57-60-63-66-72(75)78-69-70(79-73(76)67-64-61-58-55-52-49-46-42-30-27-24-21-18-15-12-9-6-3)68-77-71(74)65-62-59-56-53-50-47-44-41-29-26-23-20-17-14-11-8-5-2/h7,9-10,12,16,18-19,21,25-30,32-33,35-36,46,49,70H,4-6,8,11,13-15,17,20,22-24,31,34,37-45,47-48,50-69H2,1-3H3/b10-7-,12-9-,19-16-,21-18-,28-25-,29-26-,30-27-,33-32-,36-35-,49-46-. The molecule has 0 aromatic carbocycles. The molecule has 0 N–H and O–H groups in total. The fourth-order valence-electron chi connectivity index (χ4n) is 9.04. The summed E-state index contributed by atoms with van der Waals surface area (Å²) in [6.45, 7) is 6.40. The van der Waals surface area contributed by atoms with Crippen LogP contribution in [-0.2, 0) is 28.6 Å². The van der Waals surface area contributed by atoms with E-state index in [1.165, 1.54) is 135 Å². The molecule has 0 radical (unpaired) electrons.